The molecule has 0 heterocycles. The standard InChI is InChI=1S/C12H24N2O4/c1-7-14(12(4,5)9(15)16)10(17)13(6)8-11(2,3)18/h18H,7-8H2,1-6H3,(H,15,16). The summed E-state index contributed by atoms with van der Waals surface area (Å²) in [5.74, 6) is -1.06. The van der Waals surface area contributed by atoms with Gasteiger partial charge in [0.15, 0.2) is 0 Å². The van der Waals surface area contributed by atoms with Gasteiger partial charge in [0.05, 0.1) is 12.1 Å². The van der Waals surface area contributed by atoms with E-state index >= 15 is 0 Å². The zero-order valence-corrected chi connectivity index (χ0v) is 12.0. The van der Waals surface area contributed by atoms with E-state index in [9.17, 15) is 14.7 Å². The normalized spacial score (nSPS) is 12.2. The third-order valence-electron chi connectivity index (χ3n) is 2.70. The molecule has 0 bridgehead atoms. The van der Waals surface area contributed by atoms with Crippen LogP contribution in [0.3, 0.4) is 0 Å². The fraction of sp³-hybridized carbons (Fsp3) is 0.833. The molecule has 0 spiro atoms. The van der Waals surface area contributed by atoms with Gasteiger partial charge in [0.25, 0.3) is 0 Å². The molecule has 0 aromatic heterocycles. The van der Waals surface area contributed by atoms with Gasteiger partial charge in [0.2, 0.25) is 0 Å². The summed E-state index contributed by atoms with van der Waals surface area (Å²) in [6.07, 6.45) is 0. The Balaban J connectivity index is 4.99. The first-order valence-corrected chi connectivity index (χ1v) is 5.92. The summed E-state index contributed by atoms with van der Waals surface area (Å²) in [4.78, 5) is 25.9. The number of carboxylic acids is 1. The third kappa shape index (κ3) is 4.18. The summed E-state index contributed by atoms with van der Waals surface area (Å²) >= 11 is 0. The Hall–Kier alpha value is -1.30. The van der Waals surface area contributed by atoms with Crippen molar-refractivity contribution in [3.05, 3.63) is 0 Å². The molecular formula is C12H24N2O4. The molecule has 0 aliphatic carbocycles. The minimum Gasteiger partial charge on any atom is -0.480 e. The van der Waals surface area contributed by atoms with Crippen molar-refractivity contribution in [3.8, 4) is 0 Å². The lowest BCUT2D eigenvalue weighted by atomic mass is 10.0. The maximum absolute atomic E-state index is 12.2. The first-order chi connectivity index (χ1) is 7.93. The maximum Gasteiger partial charge on any atom is 0.329 e. The van der Waals surface area contributed by atoms with Crippen LogP contribution in [0.1, 0.15) is 34.6 Å². The Morgan fingerprint density at radius 1 is 1.17 bits per heavy atom. The Morgan fingerprint density at radius 2 is 1.61 bits per heavy atom. The lowest BCUT2D eigenvalue weighted by Gasteiger charge is -2.38. The van der Waals surface area contributed by atoms with Crippen LogP contribution >= 0.6 is 0 Å². The average Bonchev–Trinajstić information content (AvgIpc) is 2.15. The first-order valence-electron chi connectivity index (χ1n) is 5.92. The summed E-state index contributed by atoms with van der Waals surface area (Å²) < 4.78 is 0. The molecule has 0 aliphatic heterocycles. The smallest absolute Gasteiger partial charge is 0.329 e. The lowest BCUT2D eigenvalue weighted by molar-refractivity contribution is -0.147. The summed E-state index contributed by atoms with van der Waals surface area (Å²) in [5, 5.41) is 18.8. The lowest BCUT2D eigenvalue weighted by Crippen LogP contribution is -2.57. The van der Waals surface area contributed by atoms with Gasteiger partial charge in [-0.1, -0.05) is 0 Å². The van der Waals surface area contributed by atoms with Crippen molar-refractivity contribution in [1.82, 2.24) is 9.80 Å². The van der Waals surface area contributed by atoms with Crippen LogP contribution in [0, 0.1) is 0 Å². The number of amides is 2. The average molecular weight is 260 g/mol. The molecule has 0 unspecified atom stereocenters. The Bertz CT molecular complexity index is 321. The zero-order chi connectivity index (χ0) is 14.7. The minimum absolute atomic E-state index is 0.137. The molecule has 0 fully saturated rings. The molecule has 2 amide bonds. The van der Waals surface area contributed by atoms with Crippen LogP contribution in [-0.4, -0.2) is 63.3 Å². The Morgan fingerprint density at radius 3 is 1.89 bits per heavy atom. The molecule has 0 saturated carbocycles. The van der Waals surface area contributed by atoms with E-state index in [1.54, 1.807) is 27.8 Å². The molecule has 6 nitrogen and oxygen atoms in total. The quantitative estimate of drug-likeness (QED) is 0.772. The van der Waals surface area contributed by atoms with Gasteiger partial charge in [-0.2, -0.15) is 0 Å². The van der Waals surface area contributed by atoms with Crippen molar-refractivity contribution in [2.75, 3.05) is 20.1 Å². The molecule has 0 rings (SSSR count). The topological polar surface area (TPSA) is 81.1 Å². The number of hydrogen-bond acceptors (Lipinski definition) is 3. The molecule has 0 aliphatic rings. The van der Waals surface area contributed by atoms with E-state index in [1.807, 2.05) is 0 Å². The largest absolute Gasteiger partial charge is 0.480 e. The highest BCUT2D eigenvalue weighted by molar-refractivity contribution is 5.85. The summed E-state index contributed by atoms with van der Waals surface area (Å²) in [6.45, 7) is 8.29. The van der Waals surface area contributed by atoms with Crippen molar-refractivity contribution < 1.29 is 19.8 Å². The predicted octanol–water partition coefficient (Wildman–Crippen LogP) is 0.994. The van der Waals surface area contributed by atoms with Crippen LogP contribution in [0.2, 0.25) is 0 Å². The summed E-state index contributed by atoms with van der Waals surface area (Å²) in [6, 6.07) is -0.410. The van der Waals surface area contributed by atoms with E-state index in [0.717, 1.165) is 0 Å². The second kappa shape index (κ2) is 5.56. The van der Waals surface area contributed by atoms with Gasteiger partial charge in [0.1, 0.15) is 5.54 Å². The molecular weight excluding hydrogens is 236 g/mol. The van der Waals surface area contributed by atoms with E-state index in [2.05, 4.69) is 0 Å². The molecule has 0 atom stereocenters. The number of carbonyl (C=O) groups excluding carboxylic acids is 1. The van der Waals surface area contributed by atoms with E-state index in [1.165, 1.54) is 23.6 Å². The molecule has 6 heteroatoms. The molecule has 0 aromatic rings. The fourth-order valence-corrected chi connectivity index (χ4v) is 1.74. The number of nitrogens with zero attached hydrogens (tertiary/aromatic N) is 2. The Labute approximate surface area is 108 Å². The van der Waals surface area contributed by atoms with Crippen LogP contribution < -0.4 is 0 Å². The van der Waals surface area contributed by atoms with Gasteiger partial charge >= 0.3 is 12.0 Å². The van der Waals surface area contributed by atoms with Crippen LogP contribution in [0.4, 0.5) is 4.79 Å². The number of rotatable bonds is 5. The van der Waals surface area contributed by atoms with Crippen LogP contribution in [0.5, 0.6) is 0 Å². The highest BCUT2D eigenvalue weighted by atomic mass is 16.4. The SMILES string of the molecule is CCN(C(=O)N(C)CC(C)(C)O)C(C)(C)C(=O)O. The number of aliphatic carboxylic acids is 1. The van der Waals surface area contributed by atoms with E-state index in [4.69, 9.17) is 5.11 Å². The minimum atomic E-state index is -1.28. The zero-order valence-electron chi connectivity index (χ0n) is 12.0. The van der Waals surface area contributed by atoms with Crippen LogP contribution in [0.25, 0.3) is 0 Å². The number of carbonyl (C=O) groups is 2. The van der Waals surface area contributed by atoms with Gasteiger partial charge in [-0.05, 0) is 34.6 Å². The van der Waals surface area contributed by atoms with E-state index in [-0.39, 0.29) is 13.1 Å². The van der Waals surface area contributed by atoms with Gasteiger partial charge in [-0.25, -0.2) is 9.59 Å². The number of hydrogen-bond donors (Lipinski definition) is 2. The third-order valence-corrected chi connectivity index (χ3v) is 2.70. The molecule has 106 valence electrons. The van der Waals surface area contributed by atoms with Crippen molar-refractivity contribution in [2.45, 2.75) is 45.8 Å². The van der Waals surface area contributed by atoms with Crippen LogP contribution in [-0.2, 0) is 4.79 Å². The molecule has 18 heavy (non-hydrogen) atoms. The molecule has 2 N–H and O–H groups in total. The monoisotopic (exact) mass is 260 g/mol. The number of carboxylic acid groups (broad SMARTS) is 1. The highest BCUT2D eigenvalue weighted by Crippen LogP contribution is 2.17. The number of aliphatic hydroxyl groups is 1. The van der Waals surface area contributed by atoms with E-state index < -0.39 is 23.1 Å². The molecule has 0 saturated heterocycles. The molecule has 0 aromatic carbocycles. The van der Waals surface area contributed by atoms with Gasteiger partial charge in [-0.15, -0.1) is 0 Å². The second-order valence-corrected chi connectivity index (χ2v) is 5.56. The molecule has 0 radical (unpaired) electrons. The second-order valence-electron chi connectivity index (χ2n) is 5.56. The van der Waals surface area contributed by atoms with Crippen LogP contribution in [0.15, 0.2) is 0 Å². The van der Waals surface area contributed by atoms with Crippen molar-refractivity contribution in [1.29, 1.82) is 0 Å². The Kier molecular flexibility index (Phi) is 5.16. The van der Waals surface area contributed by atoms with Crippen molar-refractivity contribution in [3.63, 3.8) is 0 Å². The van der Waals surface area contributed by atoms with Crippen molar-refractivity contribution >= 4 is 12.0 Å². The van der Waals surface area contributed by atoms with E-state index in [0.29, 0.717) is 0 Å². The van der Waals surface area contributed by atoms with Gasteiger partial charge < -0.3 is 20.0 Å². The van der Waals surface area contributed by atoms with Gasteiger partial charge in [0, 0.05) is 13.6 Å². The van der Waals surface area contributed by atoms with Crippen molar-refractivity contribution in [2.24, 2.45) is 0 Å². The number of urea groups is 1. The van der Waals surface area contributed by atoms with Gasteiger partial charge in [-0.3, -0.25) is 0 Å². The maximum atomic E-state index is 12.2. The predicted molar refractivity (Wildman–Crippen MR) is 68.4 cm³/mol. The first kappa shape index (κ1) is 16.7. The fourth-order valence-electron chi connectivity index (χ4n) is 1.74. The highest BCUT2D eigenvalue weighted by Gasteiger charge is 2.38. The number of likely N-dealkylation sites (N-methyl/N-ethyl adjacent to an activating group) is 2. The summed E-state index contributed by atoms with van der Waals surface area (Å²) in [5.41, 5.74) is -2.29. The summed E-state index contributed by atoms with van der Waals surface area (Å²) in [7, 11) is 1.54.